The quantitative estimate of drug-likeness (QED) is 0.422. The zero-order chi connectivity index (χ0) is 21.2. The molecule has 1 aromatic heterocycles. The molecule has 7 heteroatoms. The van der Waals surface area contributed by atoms with E-state index in [-0.39, 0.29) is 0 Å². The summed E-state index contributed by atoms with van der Waals surface area (Å²) < 4.78 is 18.0. The molecule has 0 radical (unpaired) electrons. The van der Waals surface area contributed by atoms with E-state index < -0.39 is 0 Å². The number of aryl methyl sites for hydroxylation is 1. The Morgan fingerprint density at radius 2 is 1.30 bits per heavy atom. The summed E-state index contributed by atoms with van der Waals surface area (Å²) in [7, 11) is 4.96. The minimum Gasteiger partial charge on any atom is -0.497 e. The molecule has 158 valence electrons. The SMILES string of the molecule is COc1ccc(CN(Cc2ccc(OC)cc2)SCCc2cnc(OC)cn2)cc1. The van der Waals surface area contributed by atoms with Crippen molar-refractivity contribution in [2.24, 2.45) is 0 Å². The van der Waals surface area contributed by atoms with Crippen molar-refractivity contribution in [3.63, 3.8) is 0 Å². The summed E-state index contributed by atoms with van der Waals surface area (Å²) in [4.78, 5) is 8.64. The molecule has 0 fully saturated rings. The Morgan fingerprint density at radius 1 is 0.733 bits per heavy atom. The van der Waals surface area contributed by atoms with Crippen molar-refractivity contribution < 1.29 is 14.2 Å². The summed E-state index contributed by atoms with van der Waals surface area (Å²) in [6, 6.07) is 16.4. The largest absolute Gasteiger partial charge is 0.497 e. The molecule has 0 bridgehead atoms. The maximum atomic E-state index is 5.27. The topological polar surface area (TPSA) is 56.7 Å². The molecule has 0 spiro atoms. The first kappa shape index (κ1) is 21.9. The Kier molecular flexibility index (Phi) is 8.35. The first-order chi connectivity index (χ1) is 14.7. The molecular weight excluding hydrogens is 398 g/mol. The Balaban J connectivity index is 1.63. The van der Waals surface area contributed by atoms with Crippen LogP contribution in [0.15, 0.2) is 60.9 Å². The van der Waals surface area contributed by atoms with E-state index in [1.807, 2.05) is 36.2 Å². The van der Waals surface area contributed by atoms with Crippen LogP contribution < -0.4 is 14.2 Å². The van der Waals surface area contributed by atoms with Gasteiger partial charge in [0, 0.05) is 25.3 Å². The van der Waals surface area contributed by atoms with Crippen molar-refractivity contribution in [1.29, 1.82) is 0 Å². The number of methoxy groups -OCH3 is 3. The fourth-order valence-corrected chi connectivity index (χ4v) is 3.91. The minimum absolute atomic E-state index is 0.534. The van der Waals surface area contributed by atoms with Crippen LogP contribution in [0.4, 0.5) is 0 Å². The van der Waals surface area contributed by atoms with Gasteiger partial charge in [0.15, 0.2) is 0 Å². The second kappa shape index (κ2) is 11.4. The van der Waals surface area contributed by atoms with Crippen LogP contribution in [0.25, 0.3) is 0 Å². The Bertz CT molecular complexity index is 838. The highest BCUT2D eigenvalue weighted by Crippen LogP contribution is 2.22. The van der Waals surface area contributed by atoms with E-state index in [2.05, 4.69) is 38.5 Å². The number of benzene rings is 2. The van der Waals surface area contributed by atoms with Crippen molar-refractivity contribution in [2.45, 2.75) is 19.5 Å². The smallest absolute Gasteiger partial charge is 0.231 e. The van der Waals surface area contributed by atoms with Crippen LogP contribution in [0.3, 0.4) is 0 Å². The lowest BCUT2D eigenvalue weighted by Gasteiger charge is -2.22. The molecular formula is C23H27N3O3S. The van der Waals surface area contributed by atoms with Gasteiger partial charge in [-0.25, -0.2) is 9.29 Å². The summed E-state index contributed by atoms with van der Waals surface area (Å²) in [6.45, 7) is 1.66. The van der Waals surface area contributed by atoms with Crippen LogP contribution in [0.1, 0.15) is 16.8 Å². The molecule has 30 heavy (non-hydrogen) atoms. The number of ether oxygens (including phenoxy) is 3. The lowest BCUT2D eigenvalue weighted by atomic mass is 10.2. The molecule has 0 aliphatic heterocycles. The molecule has 0 unspecified atom stereocenters. The molecule has 0 amide bonds. The van der Waals surface area contributed by atoms with E-state index in [0.29, 0.717) is 5.88 Å². The van der Waals surface area contributed by atoms with Gasteiger partial charge in [-0.2, -0.15) is 0 Å². The van der Waals surface area contributed by atoms with Crippen molar-refractivity contribution in [1.82, 2.24) is 14.3 Å². The average molecular weight is 426 g/mol. The van der Waals surface area contributed by atoms with Gasteiger partial charge in [-0.3, -0.25) is 4.98 Å². The number of aromatic nitrogens is 2. The van der Waals surface area contributed by atoms with Crippen molar-refractivity contribution in [2.75, 3.05) is 27.1 Å². The number of hydrogen-bond acceptors (Lipinski definition) is 7. The summed E-state index contributed by atoms with van der Waals surface area (Å²) in [5, 5.41) is 0. The highest BCUT2D eigenvalue weighted by Gasteiger charge is 2.10. The van der Waals surface area contributed by atoms with Gasteiger partial charge in [-0.05, 0) is 35.4 Å². The minimum atomic E-state index is 0.534. The molecule has 3 rings (SSSR count). The molecule has 0 N–H and O–H groups in total. The van der Waals surface area contributed by atoms with Crippen LogP contribution in [0.5, 0.6) is 17.4 Å². The standard InChI is InChI=1S/C23H27N3O3S/c1-27-21-8-4-18(5-9-21)16-26(17-19-6-10-22(28-2)11-7-19)30-13-12-20-14-25-23(29-3)15-24-20/h4-11,14-15H,12-13,16-17H2,1-3H3. The van der Waals surface area contributed by atoms with Crippen molar-refractivity contribution in [3.05, 3.63) is 77.7 Å². The monoisotopic (exact) mass is 425 g/mol. The maximum absolute atomic E-state index is 5.27. The molecule has 6 nitrogen and oxygen atoms in total. The third kappa shape index (κ3) is 6.64. The number of rotatable bonds is 11. The summed E-state index contributed by atoms with van der Waals surface area (Å²) in [5.41, 5.74) is 3.43. The summed E-state index contributed by atoms with van der Waals surface area (Å²) >= 11 is 1.81. The van der Waals surface area contributed by atoms with Crippen molar-refractivity contribution in [3.8, 4) is 17.4 Å². The lowest BCUT2D eigenvalue weighted by molar-refractivity contribution is 0.395. The molecule has 3 aromatic rings. The first-order valence-electron chi connectivity index (χ1n) is 9.69. The normalized spacial score (nSPS) is 10.8. The van der Waals surface area contributed by atoms with Crippen LogP contribution in [-0.4, -0.2) is 41.4 Å². The molecule has 0 saturated heterocycles. The van der Waals surface area contributed by atoms with Crippen molar-refractivity contribution >= 4 is 11.9 Å². The van der Waals surface area contributed by atoms with E-state index in [1.165, 1.54) is 11.1 Å². The van der Waals surface area contributed by atoms with Gasteiger partial charge >= 0.3 is 0 Å². The van der Waals surface area contributed by atoms with Crippen LogP contribution in [0, 0.1) is 0 Å². The molecule has 0 saturated carbocycles. The molecule has 0 aliphatic rings. The summed E-state index contributed by atoms with van der Waals surface area (Å²) in [6.07, 6.45) is 4.27. The predicted molar refractivity (Wildman–Crippen MR) is 120 cm³/mol. The van der Waals surface area contributed by atoms with E-state index in [0.717, 1.165) is 42.5 Å². The predicted octanol–water partition coefficient (Wildman–Crippen LogP) is 4.40. The second-order valence-corrected chi connectivity index (χ2v) is 7.81. The van der Waals surface area contributed by atoms with Crippen LogP contribution in [0.2, 0.25) is 0 Å². The Morgan fingerprint density at radius 3 is 1.73 bits per heavy atom. The highest BCUT2D eigenvalue weighted by atomic mass is 32.2. The van der Waals surface area contributed by atoms with Crippen LogP contribution >= 0.6 is 11.9 Å². The van der Waals surface area contributed by atoms with Gasteiger partial charge in [0.05, 0.1) is 39.4 Å². The molecule has 0 aliphatic carbocycles. The Labute approximate surface area is 182 Å². The van der Waals surface area contributed by atoms with Gasteiger partial charge in [-0.15, -0.1) is 0 Å². The lowest BCUT2D eigenvalue weighted by Crippen LogP contribution is -2.16. The van der Waals surface area contributed by atoms with E-state index >= 15 is 0 Å². The summed E-state index contributed by atoms with van der Waals surface area (Å²) in [5.74, 6) is 3.18. The van der Waals surface area contributed by atoms with Crippen LogP contribution in [-0.2, 0) is 19.5 Å². The average Bonchev–Trinajstić information content (AvgIpc) is 2.80. The molecule has 1 heterocycles. The van der Waals surface area contributed by atoms with E-state index in [4.69, 9.17) is 14.2 Å². The number of hydrogen-bond donors (Lipinski definition) is 0. The molecule has 2 aromatic carbocycles. The fourth-order valence-electron chi connectivity index (χ4n) is 2.87. The van der Waals surface area contributed by atoms with E-state index in [9.17, 15) is 0 Å². The first-order valence-corrected chi connectivity index (χ1v) is 10.6. The van der Waals surface area contributed by atoms with Gasteiger partial charge in [0.2, 0.25) is 5.88 Å². The third-order valence-electron chi connectivity index (χ3n) is 4.56. The number of nitrogens with zero attached hydrogens (tertiary/aromatic N) is 3. The van der Waals surface area contributed by atoms with Gasteiger partial charge in [0.25, 0.3) is 0 Å². The van der Waals surface area contributed by atoms with E-state index in [1.54, 1.807) is 33.7 Å². The zero-order valence-electron chi connectivity index (χ0n) is 17.6. The van der Waals surface area contributed by atoms with Gasteiger partial charge < -0.3 is 14.2 Å². The highest BCUT2D eigenvalue weighted by molar-refractivity contribution is 7.96. The third-order valence-corrected chi connectivity index (χ3v) is 5.57. The van der Waals surface area contributed by atoms with Gasteiger partial charge in [0.1, 0.15) is 11.5 Å². The fraction of sp³-hybridized carbons (Fsp3) is 0.304. The van der Waals surface area contributed by atoms with Gasteiger partial charge in [-0.1, -0.05) is 36.2 Å². The zero-order valence-corrected chi connectivity index (χ0v) is 18.4. The maximum Gasteiger partial charge on any atom is 0.231 e. The molecule has 0 atom stereocenters. The Hall–Kier alpha value is -2.77. The second-order valence-electron chi connectivity index (χ2n) is 6.63.